The number of ether oxygens (including phenoxy) is 1. The van der Waals surface area contributed by atoms with Crippen LogP contribution in [-0.4, -0.2) is 4.98 Å². The average Bonchev–Trinajstić information content (AvgIpc) is 2.39. The molecule has 0 saturated carbocycles. The van der Waals surface area contributed by atoms with Crippen LogP contribution in [0.2, 0.25) is 0 Å². The van der Waals surface area contributed by atoms with E-state index in [1.165, 1.54) is 5.56 Å². The lowest BCUT2D eigenvalue weighted by atomic mass is 9.97. The molecule has 0 fully saturated rings. The lowest BCUT2D eigenvalue weighted by Crippen LogP contribution is -2.20. The summed E-state index contributed by atoms with van der Waals surface area (Å²) >= 11 is 5.21. The SMILES string of the molecule is CC1(C)Oc2cccc3[nH]c(=S)cc1c23. The van der Waals surface area contributed by atoms with Crippen LogP contribution in [0.5, 0.6) is 5.75 Å². The van der Waals surface area contributed by atoms with Gasteiger partial charge in [-0.1, -0.05) is 18.3 Å². The first-order chi connectivity index (χ1) is 7.08. The Kier molecular flexibility index (Phi) is 1.55. The van der Waals surface area contributed by atoms with Crippen molar-refractivity contribution < 1.29 is 4.74 Å². The van der Waals surface area contributed by atoms with Crippen molar-refractivity contribution in [3.05, 3.63) is 34.5 Å². The molecule has 15 heavy (non-hydrogen) atoms. The Hall–Kier alpha value is -1.35. The van der Waals surface area contributed by atoms with Gasteiger partial charge >= 0.3 is 0 Å². The van der Waals surface area contributed by atoms with Gasteiger partial charge in [0.1, 0.15) is 16.0 Å². The molecule has 2 aromatic rings. The molecule has 1 N–H and O–H groups in total. The number of H-pyrrole nitrogens is 1. The smallest absolute Gasteiger partial charge is 0.130 e. The van der Waals surface area contributed by atoms with Crippen molar-refractivity contribution in [2.24, 2.45) is 0 Å². The van der Waals surface area contributed by atoms with Gasteiger partial charge < -0.3 is 9.72 Å². The normalized spacial score (nSPS) is 16.7. The number of benzene rings is 1. The van der Waals surface area contributed by atoms with Crippen LogP contribution in [0.25, 0.3) is 10.9 Å². The van der Waals surface area contributed by atoms with Gasteiger partial charge in [-0.25, -0.2) is 0 Å². The summed E-state index contributed by atoms with van der Waals surface area (Å²) in [7, 11) is 0. The molecule has 0 saturated heterocycles. The third-order valence-electron chi connectivity index (χ3n) is 2.84. The highest BCUT2D eigenvalue weighted by Crippen LogP contribution is 2.43. The Balaban J connectivity index is 2.56. The van der Waals surface area contributed by atoms with E-state index in [9.17, 15) is 0 Å². The summed E-state index contributed by atoms with van der Waals surface area (Å²) < 4.78 is 6.66. The Morgan fingerprint density at radius 2 is 2.13 bits per heavy atom. The van der Waals surface area contributed by atoms with E-state index in [1.54, 1.807) is 0 Å². The Morgan fingerprint density at radius 3 is 2.93 bits per heavy atom. The zero-order chi connectivity index (χ0) is 10.6. The molecule has 0 unspecified atom stereocenters. The van der Waals surface area contributed by atoms with E-state index >= 15 is 0 Å². The molecule has 0 spiro atoms. The first-order valence-corrected chi connectivity index (χ1v) is 5.34. The van der Waals surface area contributed by atoms with E-state index < -0.39 is 0 Å². The fraction of sp³-hybridized carbons (Fsp3) is 0.250. The second-order valence-electron chi connectivity index (χ2n) is 4.34. The molecule has 76 valence electrons. The Morgan fingerprint density at radius 1 is 1.33 bits per heavy atom. The molecule has 1 aromatic heterocycles. The Labute approximate surface area is 92.9 Å². The molecule has 1 aliphatic heterocycles. The van der Waals surface area contributed by atoms with Crippen LogP contribution in [0.15, 0.2) is 24.3 Å². The number of rotatable bonds is 0. The summed E-state index contributed by atoms with van der Waals surface area (Å²) in [5.74, 6) is 0.943. The average molecular weight is 217 g/mol. The highest BCUT2D eigenvalue weighted by molar-refractivity contribution is 7.71. The van der Waals surface area contributed by atoms with Crippen LogP contribution in [0.4, 0.5) is 0 Å². The second kappa shape index (κ2) is 2.61. The van der Waals surface area contributed by atoms with Gasteiger partial charge in [0.25, 0.3) is 0 Å². The minimum Gasteiger partial charge on any atom is -0.482 e. The lowest BCUT2D eigenvalue weighted by Gasteiger charge is -2.19. The van der Waals surface area contributed by atoms with Crippen molar-refractivity contribution in [1.82, 2.24) is 4.98 Å². The first-order valence-electron chi connectivity index (χ1n) is 4.93. The fourth-order valence-corrected chi connectivity index (χ4v) is 2.40. The molecule has 0 bridgehead atoms. The van der Waals surface area contributed by atoms with Crippen molar-refractivity contribution in [1.29, 1.82) is 0 Å². The van der Waals surface area contributed by atoms with Gasteiger partial charge in [0.05, 0.1) is 5.52 Å². The topological polar surface area (TPSA) is 25.0 Å². The molecule has 3 rings (SSSR count). The van der Waals surface area contributed by atoms with Crippen LogP contribution >= 0.6 is 12.2 Å². The molecule has 1 aromatic carbocycles. The molecular formula is C12H11NOS. The predicted molar refractivity (Wildman–Crippen MR) is 62.8 cm³/mol. The third kappa shape index (κ3) is 1.13. The summed E-state index contributed by atoms with van der Waals surface area (Å²) in [4.78, 5) is 3.18. The maximum Gasteiger partial charge on any atom is 0.130 e. The van der Waals surface area contributed by atoms with Crippen LogP contribution in [0.1, 0.15) is 19.4 Å². The third-order valence-corrected chi connectivity index (χ3v) is 3.06. The van der Waals surface area contributed by atoms with Crippen molar-refractivity contribution in [3.63, 3.8) is 0 Å². The molecule has 0 radical (unpaired) electrons. The molecule has 3 heteroatoms. The summed E-state index contributed by atoms with van der Waals surface area (Å²) in [5, 5.41) is 1.16. The van der Waals surface area contributed by atoms with Gasteiger partial charge in [0, 0.05) is 10.9 Å². The zero-order valence-corrected chi connectivity index (χ0v) is 9.44. The number of hydrogen-bond donors (Lipinski definition) is 1. The van der Waals surface area contributed by atoms with Crippen molar-refractivity contribution >= 4 is 23.1 Å². The van der Waals surface area contributed by atoms with Gasteiger partial charge in [-0.05, 0) is 32.0 Å². The van der Waals surface area contributed by atoms with Crippen molar-refractivity contribution in [2.75, 3.05) is 0 Å². The summed E-state index contributed by atoms with van der Waals surface area (Å²) in [6.07, 6.45) is 0. The fourth-order valence-electron chi connectivity index (χ4n) is 2.17. The minimum absolute atomic E-state index is 0.273. The summed E-state index contributed by atoms with van der Waals surface area (Å²) in [5.41, 5.74) is 1.96. The number of aromatic nitrogens is 1. The monoisotopic (exact) mass is 217 g/mol. The molecule has 2 nitrogen and oxygen atoms in total. The molecular weight excluding hydrogens is 206 g/mol. The maximum atomic E-state index is 5.90. The highest BCUT2D eigenvalue weighted by atomic mass is 32.1. The van der Waals surface area contributed by atoms with Crippen molar-refractivity contribution in [3.8, 4) is 5.75 Å². The number of nitrogens with one attached hydrogen (secondary N) is 1. The van der Waals surface area contributed by atoms with E-state index in [2.05, 4.69) is 18.8 Å². The van der Waals surface area contributed by atoms with Crippen molar-refractivity contribution in [2.45, 2.75) is 19.4 Å². The van der Waals surface area contributed by atoms with Crippen LogP contribution in [-0.2, 0) is 5.60 Å². The van der Waals surface area contributed by atoms with Gasteiger partial charge in [0.15, 0.2) is 0 Å². The van der Waals surface area contributed by atoms with Crippen LogP contribution < -0.4 is 4.74 Å². The first kappa shape index (κ1) is 8.92. The van der Waals surface area contributed by atoms with E-state index in [-0.39, 0.29) is 5.60 Å². The molecule has 0 atom stereocenters. The van der Waals surface area contributed by atoms with E-state index in [0.29, 0.717) is 0 Å². The molecule has 2 heterocycles. The Bertz CT molecular complexity index is 613. The number of pyridine rings is 1. The van der Waals surface area contributed by atoms with Crippen LogP contribution in [0.3, 0.4) is 0 Å². The van der Waals surface area contributed by atoms with E-state index in [0.717, 1.165) is 21.3 Å². The molecule has 0 amide bonds. The molecule has 0 aliphatic carbocycles. The summed E-state index contributed by atoms with van der Waals surface area (Å²) in [6, 6.07) is 8.00. The summed E-state index contributed by atoms with van der Waals surface area (Å²) in [6.45, 7) is 4.13. The maximum absolute atomic E-state index is 5.90. The lowest BCUT2D eigenvalue weighted by molar-refractivity contribution is 0.125. The number of aromatic amines is 1. The molecule has 1 aliphatic rings. The van der Waals surface area contributed by atoms with E-state index in [4.69, 9.17) is 17.0 Å². The largest absolute Gasteiger partial charge is 0.482 e. The number of hydrogen-bond acceptors (Lipinski definition) is 2. The standard InChI is InChI=1S/C12H11NOS/c1-12(2)7-6-10(15)13-8-4-3-5-9(14-12)11(7)8/h3-6H,1-2H3,(H,13,15). The van der Waals surface area contributed by atoms with Gasteiger partial charge in [-0.2, -0.15) is 0 Å². The van der Waals surface area contributed by atoms with Gasteiger partial charge in [-0.15, -0.1) is 0 Å². The quantitative estimate of drug-likeness (QED) is 0.683. The van der Waals surface area contributed by atoms with Gasteiger partial charge in [0.2, 0.25) is 0 Å². The van der Waals surface area contributed by atoms with Crippen LogP contribution in [0, 0.1) is 4.64 Å². The predicted octanol–water partition coefficient (Wildman–Crippen LogP) is 3.52. The second-order valence-corrected chi connectivity index (χ2v) is 4.78. The zero-order valence-electron chi connectivity index (χ0n) is 8.63. The highest BCUT2D eigenvalue weighted by Gasteiger charge is 2.32. The van der Waals surface area contributed by atoms with E-state index in [1.807, 2.05) is 24.3 Å². The van der Waals surface area contributed by atoms with Gasteiger partial charge in [-0.3, -0.25) is 0 Å². The minimum atomic E-state index is -0.273.